The fraction of sp³-hybridized carbons (Fsp3) is 0.149. The zero-order valence-electron chi connectivity index (χ0n) is 32.1. The van der Waals surface area contributed by atoms with Crippen molar-refractivity contribution in [3.8, 4) is 16.9 Å². The third-order valence-corrected chi connectivity index (χ3v) is 10.8. The van der Waals surface area contributed by atoms with Gasteiger partial charge < -0.3 is 33.6 Å². The minimum absolute atomic E-state index is 0.139. The molecule has 0 aliphatic carbocycles. The Balaban J connectivity index is 0.891. The largest absolute Gasteiger partial charge is 0.399 e. The normalized spacial score (nSPS) is 11.4. The summed E-state index contributed by atoms with van der Waals surface area (Å²) in [5.41, 5.74) is 34.4. The van der Waals surface area contributed by atoms with Crippen molar-refractivity contribution in [3.05, 3.63) is 138 Å². The first kappa shape index (κ1) is 36.8. The highest BCUT2D eigenvalue weighted by Gasteiger charge is 2.24. The molecule has 0 spiro atoms. The molecule has 0 aliphatic heterocycles. The van der Waals surface area contributed by atoms with E-state index in [0.717, 1.165) is 85.3 Å². The molecule has 0 saturated heterocycles. The summed E-state index contributed by atoms with van der Waals surface area (Å²) in [7, 11) is 2.01. The molecule has 57 heavy (non-hydrogen) atoms. The van der Waals surface area contributed by atoms with Gasteiger partial charge >= 0.3 is 0 Å². The van der Waals surface area contributed by atoms with Crippen molar-refractivity contribution in [1.82, 2.24) is 10.6 Å². The molecule has 2 amide bonds. The van der Waals surface area contributed by atoms with Gasteiger partial charge in [-0.3, -0.25) is 9.59 Å². The summed E-state index contributed by atoms with van der Waals surface area (Å²) in [5, 5.41) is 12.4. The zero-order chi connectivity index (χ0) is 39.8. The van der Waals surface area contributed by atoms with E-state index in [-0.39, 0.29) is 11.8 Å². The number of carbonyl (C=O) groups is 2. The summed E-state index contributed by atoms with van der Waals surface area (Å²) in [6.45, 7) is 3.10. The minimum atomic E-state index is -0.143. The van der Waals surface area contributed by atoms with Crippen LogP contribution in [0.25, 0.3) is 60.3 Å². The lowest BCUT2D eigenvalue weighted by Crippen LogP contribution is -2.36. The standard InChI is InChI=1S/C47H44N8O2/c1-28-41-24-32(48)12-16-37(41)40-19-15-35(51)27-44(40)55(28)36-11-7-10-31(23-36)47(57)53-21-5-3-4-20-52-46(56)30-9-6-8-29(22-30)45-42-25-33(49)13-17-38(42)39-18-14-34(50)26-43(39)54(45)2/h6-19,22-27,50-51H,3-5,20-21,48-49H2,1-2H3,(H2,52,53,56,57)/p+2. The van der Waals surface area contributed by atoms with Gasteiger partial charge in [-0.2, -0.15) is 9.13 Å². The number of pyridine rings is 2. The van der Waals surface area contributed by atoms with E-state index >= 15 is 0 Å². The van der Waals surface area contributed by atoms with E-state index in [1.54, 1.807) is 0 Å². The molecule has 2 aromatic heterocycles. The van der Waals surface area contributed by atoms with Crippen molar-refractivity contribution in [1.29, 1.82) is 0 Å². The van der Waals surface area contributed by atoms with Crippen molar-refractivity contribution >= 4 is 77.9 Å². The Morgan fingerprint density at radius 3 is 1.68 bits per heavy atom. The molecule has 0 bridgehead atoms. The van der Waals surface area contributed by atoms with Gasteiger partial charge in [0, 0.05) is 94.5 Å². The molecule has 2 heterocycles. The maximum atomic E-state index is 13.3. The van der Waals surface area contributed by atoms with E-state index < -0.39 is 0 Å². The van der Waals surface area contributed by atoms with Gasteiger partial charge in [0.25, 0.3) is 11.8 Å². The van der Waals surface area contributed by atoms with Crippen LogP contribution in [0.15, 0.2) is 121 Å². The molecule has 0 atom stereocenters. The summed E-state index contributed by atoms with van der Waals surface area (Å²) in [6.07, 6.45) is 2.40. The van der Waals surface area contributed by atoms with Gasteiger partial charge in [-0.1, -0.05) is 24.3 Å². The molecule has 0 unspecified atom stereocenters. The predicted octanol–water partition coefficient (Wildman–Crippen LogP) is 7.03. The molecule has 0 saturated carbocycles. The number of rotatable bonds is 10. The van der Waals surface area contributed by atoms with Crippen molar-refractivity contribution in [2.75, 3.05) is 36.0 Å². The Hall–Kier alpha value is -7.20. The Labute approximate surface area is 330 Å². The van der Waals surface area contributed by atoms with Crippen molar-refractivity contribution < 1.29 is 18.7 Å². The molecule has 10 heteroatoms. The number of benzene rings is 6. The van der Waals surface area contributed by atoms with Crippen LogP contribution in [0.4, 0.5) is 22.7 Å². The average Bonchev–Trinajstić information content (AvgIpc) is 3.20. The lowest BCUT2D eigenvalue weighted by Gasteiger charge is -2.12. The number of nitrogens with two attached hydrogens (primary N) is 4. The Morgan fingerprint density at radius 2 is 1.04 bits per heavy atom. The smallest absolute Gasteiger partial charge is 0.251 e. The second-order valence-electron chi connectivity index (χ2n) is 14.7. The maximum Gasteiger partial charge on any atom is 0.251 e. The number of unbranched alkanes of at least 4 members (excludes halogenated alkanes) is 2. The molecule has 0 aliphatic rings. The fourth-order valence-corrected chi connectivity index (χ4v) is 8.02. The maximum absolute atomic E-state index is 13.3. The van der Waals surface area contributed by atoms with E-state index in [0.29, 0.717) is 47.0 Å². The van der Waals surface area contributed by atoms with Gasteiger partial charge in [-0.05, 0) is 92.1 Å². The monoisotopic (exact) mass is 754 g/mol. The van der Waals surface area contributed by atoms with Crippen LogP contribution in [0, 0.1) is 6.92 Å². The van der Waals surface area contributed by atoms with Crippen LogP contribution in [0.2, 0.25) is 0 Å². The minimum Gasteiger partial charge on any atom is -0.399 e. The lowest BCUT2D eigenvalue weighted by atomic mass is 9.97. The molecule has 10 N–H and O–H groups in total. The Kier molecular flexibility index (Phi) is 9.77. The second kappa shape index (κ2) is 15.1. The van der Waals surface area contributed by atoms with Crippen molar-refractivity contribution in [2.24, 2.45) is 7.05 Å². The lowest BCUT2D eigenvalue weighted by molar-refractivity contribution is -0.632. The Morgan fingerprint density at radius 1 is 0.526 bits per heavy atom. The first-order valence-corrected chi connectivity index (χ1v) is 19.2. The van der Waals surface area contributed by atoms with E-state index in [1.165, 1.54) is 0 Å². The van der Waals surface area contributed by atoms with Gasteiger partial charge in [-0.15, -0.1) is 0 Å². The zero-order valence-corrected chi connectivity index (χ0v) is 32.1. The molecule has 10 nitrogen and oxygen atoms in total. The number of amides is 2. The third-order valence-electron chi connectivity index (χ3n) is 10.8. The van der Waals surface area contributed by atoms with Gasteiger partial charge in [0.05, 0.1) is 21.5 Å². The molecular formula is C47H46N8O2+2. The van der Waals surface area contributed by atoms with Gasteiger partial charge in [0.2, 0.25) is 22.4 Å². The first-order valence-electron chi connectivity index (χ1n) is 19.2. The summed E-state index contributed by atoms with van der Waals surface area (Å²) >= 11 is 0. The highest BCUT2D eigenvalue weighted by Crippen LogP contribution is 2.34. The molecule has 284 valence electrons. The van der Waals surface area contributed by atoms with E-state index in [9.17, 15) is 9.59 Å². The van der Waals surface area contributed by atoms with Crippen LogP contribution in [0.5, 0.6) is 0 Å². The average molecular weight is 755 g/mol. The number of nitrogens with zero attached hydrogens (tertiary/aromatic N) is 2. The number of hydrogen-bond acceptors (Lipinski definition) is 6. The number of hydrogen-bond donors (Lipinski definition) is 6. The SMILES string of the molecule is Cc1c2cc(N)ccc2c2ccc(N)cc2[n+]1-c1cccc(C(=O)NCCCCCNC(=O)c2cccc(-c3c4cc(N)ccc4c4ccc(N)cc4[n+]3C)c2)c1. The summed E-state index contributed by atoms with van der Waals surface area (Å²) in [4.78, 5) is 26.6. The van der Waals surface area contributed by atoms with E-state index in [4.69, 9.17) is 22.9 Å². The topological polar surface area (TPSA) is 170 Å². The van der Waals surface area contributed by atoms with Crippen LogP contribution in [0.3, 0.4) is 0 Å². The number of nitrogens with one attached hydrogen (secondary N) is 2. The highest BCUT2D eigenvalue weighted by molar-refractivity contribution is 6.10. The third kappa shape index (κ3) is 7.09. The van der Waals surface area contributed by atoms with Crippen molar-refractivity contribution in [3.63, 3.8) is 0 Å². The van der Waals surface area contributed by atoms with Crippen molar-refractivity contribution in [2.45, 2.75) is 26.2 Å². The quantitative estimate of drug-likeness (QED) is 0.0379. The Bertz CT molecular complexity index is 2710. The van der Waals surface area contributed by atoms with E-state index in [1.807, 2.05) is 128 Å². The number of anilines is 4. The molecule has 0 radical (unpaired) electrons. The fourth-order valence-electron chi connectivity index (χ4n) is 8.02. The second-order valence-corrected chi connectivity index (χ2v) is 14.7. The summed E-state index contributed by atoms with van der Waals surface area (Å²) in [6, 6.07) is 38.9. The molecule has 8 rings (SSSR count). The van der Waals surface area contributed by atoms with Gasteiger partial charge in [0.15, 0.2) is 5.69 Å². The van der Waals surface area contributed by atoms with E-state index in [2.05, 4.69) is 26.7 Å². The number of carbonyl (C=O) groups excluding carboxylic acids is 2. The van der Waals surface area contributed by atoms with Crippen LogP contribution in [-0.4, -0.2) is 24.9 Å². The van der Waals surface area contributed by atoms with Gasteiger partial charge in [0.1, 0.15) is 7.05 Å². The number of aryl methyl sites for hydroxylation is 2. The highest BCUT2D eigenvalue weighted by atomic mass is 16.2. The molecule has 0 fully saturated rings. The number of aromatic nitrogens is 2. The van der Waals surface area contributed by atoms with Gasteiger partial charge in [-0.25, -0.2) is 0 Å². The van der Waals surface area contributed by atoms with Crippen LogP contribution < -0.4 is 42.7 Å². The predicted molar refractivity (Wildman–Crippen MR) is 232 cm³/mol. The molecular weight excluding hydrogens is 709 g/mol. The van der Waals surface area contributed by atoms with Crippen LogP contribution in [0.1, 0.15) is 45.7 Å². The summed E-state index contributed by atoms with van der Waals surface area (Å²) < 4.78 is 4.24. The van der Waals surface area contributed by atoms with Crippen LogP contribution >= 0.6 is 0 Å². The summed E-state index contributed by atoms with van der Waals surface area (Å²) in [5.74, 6) is -0.282. The number of nitrogen functional groups attached to an aromatic ring is 4. The molecule has 8 aromatic rings. The number of fused-ring (bicyclic) bond motifs is 6. The molecule has 6 aromatic carbocycles. The van der Waals surface area contributed by atoms with Crippen LogP contribution in [-0.2, 0) is 7.05 Å². The first-order chi connectivity index (χ1) is 27.6.